The summed E-state index contributed by atoms with van der Waals surface area (Å²) in [6, 6.07) is 0. The van der Waals surface area contributed by atoms with Gasteiger partial charge in [-0.15, -0.1) is 0 Å². The van der Waals surface area contributed by atoms with Crippen LogP contribution in [-0.4, -0.2) is 34.6 Å². The predicted molar refractivity (Wildman–Crippen MR) is 65.0 cm³/mol. The molecule has 1 aromatic rings. The Morgan fingerprint density at radius 3 is 2.94 bits per heavy atom. The average Bonchev–Trinajstić information content (AvgIpc) is 2.84. The summed E-state index contributed by atoms with van der Waals surface area (Å²) >= 11 is 6.23. The Hall–Kier alpha value is -0.540. The fraction of sp³-hybridized carbons (Fsp3) is 0.750. The van der Waals surface area contributed by atoms with Crippen molar-refractivity contribution in [2.75, 3.05) is 20.1 Å². The van der Waals surface area contributed by atoms with E-state index in [0.717, 1.165) is 24.7 Å². The Morgan fingerprint density at radius 2 is 2.19 bits per heavy atom. The number of nitrogens with zero attached hydrogens (tertiary/aromatic N) is 3. The third-order valence-electron chi connectivity index (χ3n) is 3.85. The third-order valence-corrected chi connectivity index (χ3v) is 4.16. The first-order chi connectivity index (χ1) is 7.75. The zero-order valence-electron chi connectivity index (χ0n) is 9.75. The van der Waals surface area contributed by atoms with E-state index in [1.165, 1.54) is 37.3 Å². The van der Waals surface area contributed by atoms with Gasteiger partial charge in [-0.05, 0) is 39.3 Å². The van der Waals surface area contributed by atoms with Crippen LogP contribution in [0.1, 0.15) is 36.7 Å². The van der Waals surface area contributed by atoms with E-state index in [2.05, 4.69) is 21.5 Å². The van der Waals surface area contributed by atoms with E-state index in [9.17, 15) is 0 Å². The number of halogens is 1. The molecule has 0 N–H and O–H groups in total. The fourth-order valence-corrected chi connectivity index (χ4v) is 3.27. The van der Waals surface area contributed by atoms with E-state index < -0.39 is 0 Å². The van der Waals surface area contributed by atoms with Crippen LogP contribution in [-0.2, 0) is 13.0 Å². The Balaban J connectivity index is 1.95. The van der Waals surface area contributed by atoms with E-state index in [0.29, 0.717) is 5.92 Å². The zero-order valence-corrected chi connectivity index (χ0v) is 10.5. The van der Waals surface area contributed by atoms with Crippen molar-refractivity contribution in [1.82, 2.24) is 14.5 Å². The van der Waals surface area contributed by atoms with Crippen molar-refractivity contribution in [3.63, 3.8) is 0 Å². The molecule has 0 radical (unpaired) electrons. The van der Waals surface area contributed by atoms with Gasteiger partial charge in [-0.1, -0.05) is 11.6 Å². The lowest BCUT2D eigenvalue weighted by Crippen LogP contribution is -2.18. The van der Waals surface area contributed by atoms with Gasteiger partial charge in [0.15, 0.2) is 5.15 Å². The first-order valence-electron chi connectivity index (χ1n) is 6.19. The van der Waals surface area contributed by atoms with Crippen molar-refractivity contribution < 1.29 is 0 Å². The van der Waals surface area contributed by atoms with Crippen LogP contribution >= 0.6 is 11.6 Å². The first-order valence-corrected chi connectivity index (χ1v) is 6.57. The minimum Gasteiger partial charge on any atom is -0.330 e. The number of likely N-dealkylation sites (N-methyl/N-ethyl adjacent to an activating group) is 1. The van der Waals surface area contributed by atoms with Crippen molar-refractivity contribution in [1.29, 1.82) is 0 Å². The Labute approximate surface area is 101 Å². The van der Waals surface area contributed by atoms with Crippen LogP contribution in [0.15, 0.2) is 0 Å². The smallest absolute Gasteiger partial charge is 0.150 e. The molecule has 1 saturated heterocycles. The zero-order chi connectivity index (χ0) is 11.1. The van der Waals surface area contributed by atoms with Gasteiger partial charge in [0.25, 0.3) is 0 Å². The summed E-state index contributed by atoms with van der Waals surface area (Å²) in [6.07, 6.45) is 4.86. The van der Waals surface area contributed by atoms with E-state index in [4.69, 9.17) is 11.6 Å². The van der Waals surface area contributed by atoms with Crippen molar-refractivity contribution in [3.8, 4) is 0 Å². The molecule has 2 aliphatic rings. The highest BCUT2D eigenvalue weighted by Crippen LogP contribution is 2.32. The molecule has 1 fully saturated rings. The summed E-state index contributed by atoms with van der Waals surface area (Å²) in [5.41, 5.74) is 1.28. The van der Waals surface area contributed by atoms with E-state index >= 15 is 0 Å². The van der Waals surface area contributed by atoms with Crippen molar-refractivity contribution in [2.24, 2.45) is 0 Å². The second-order valence-electron chi connectivity index (χ2n) is 5.06. The third kappa shape index (κ3) is 1.66. The van der Waals surface area contributed by atoms with Crippen molar-refractivity contribution in [3.05, 3.63) is 16.7 Å². The number of aromatic nitrogens is 2. The van der Waals surface area contributed by atoms with Crippen LogP contribution < -0.4 is 0 Å². The van der Waals surface area contributed by atoms with Gasteiger partial charge >= 0.3 is 0 Å². The molecule has 0 aliphatic carbocycles. The topological polar surface area (TPSA) is 21.1 Å². The molecule has 3 nitrogen and oxygen atoms in total. The van der Waals surface area contributed by atoms with Crippen LogP contribution in [0.25, 0.3) is 0 Å². The Morgan fingerprint density at radius 1 is 1.31 bits per heavy atom. The largest absolute Gasteiger partial charge is 0.330 e. The molecule has 0 amide bonds. The van der Waals surface area contributed by atoms with Gasteiger partial charge in [-0.3, -0.25) is 0 Å². The van der Waals surface area contributed by atoms with E-state index in [-0.39, 0.29) is 0 Å². The molecule has 88 valence electrons. The number of fused-ring (bicyclic) bond motifs is 1. The van der Waals surface area contributed by atoms with Crippen LogP contribution in [0.5, 0.6) is 0 Å². The van der Waals surface area contributed by atoms with Gasteiger partial charge in [0.05, 0.1) is 5.69 Å². The van der Waals surface area contributed by atoms with Gasteiger partial charge in [-0.25, -0.2) is 4.98 Å². The van der Waals surface area contributed by atoms with Gasteiger partial charge < -0.3 is 9.47 Å². The maximum absolute atomic E-state index is 6.23. The van der Waals surface area contributed by atoms with Gasteiger partial charge in [0.2, 0.25) is 0 Å². The first kappa shape index (κ1) is 10.6. The maximum atomic E-state index is 6.23. The molecule has 0 saturated carbocycles. The molecular formula is C12H18ClN3. The lowest BCUT2D eigenvalue weighted by molar-refractivity contribution is 0.405. The standard InChI is InChI=1S/C12H18ClN3/c1-15-7-5-9(8-15)12-14-11(13)10-4-2-3-6-16(10)12/h9H,2-8H2,1H3. The number of rotatable bonds is 1. The summed E-state index contributed by atoms with van der Waals surface area (Å²) < 4.78 is 2.38. The Kier molecular flexibility index (Phi) is 2.68. The molecular weight excluding hydrogens is 222 g/mol. The minimum atomic E-state index is 0.592. The summed E-state index contributed by atoms with van der Waals surface area (Å²) in [7, 11) is 2.18. The second-order valence-corrected chi connectivity index (χ2v) is 5.42. The molecule has 0 spiro atoms. The van der Waals surface area contributed by atoms with Crippen LogP contribution in [0, 0.1) is 0 Å². The minimum absolute atomic E-state index is 0.592. The molecule has 1 aromatic heterocycles. The molecule has 16 heavy (non-hydrogen) atoms. The highest BCUT2D eigenvalue weighted by molar-refractivity contribution is 6.30. The fourth-order valence-electron chi connectivity index (χ4n) is 2.98. The van der Waals surface area contributed by atoms with Crippen LogP contribution in [0.3, 0.4) is 0 Å². The summed E-state index contributed by atoms with van der Waals surface area (Å²) in [5.74, 6) is 1.83. The normalized spacial score (nSPS) is 26.0. The SMILES string of the molecule is CN1CCC(c2nc(Cl)c3n2CCCC3)C1. The molecule has 0 bridgehead atoms. The Bertz CT molecular complexity index is 399. The number of hydrogen-bond acceptors (Lipinski definition) is 2. The van der Waals surface area contributed by atoms with Gasteiger partial charge in [-0.2, -0.15) is 0 Å². The highest BCUT2D eigenvalue weighted by atomic mass is 35.5. The molecule has 3 rings (SSSR count). The predicted octanol–water partition coefficient (Wildman–Crippen LogP) is 2.29. The van der Waals surface area contributed by atoms with Crippen molar-refractivity contribution in [2.45, 2.75) is 38.1 Å². The van der Waals surface area contributed by atoms with E-state index in [1.54, 1.807) is 0 Å². The lowest BCUT2D eigenvalue weighted by atomic mass is 10.1. The van der Waals surface area contributed by atoms with Gasteiger partial charge in [0.1, 0.15) is 5.82 Å². The molecule has 1 unspecified atom stereocenters. The summed E-state index contributed by atoms with van der Waals surface area (Å²) in [4.78, 5) is 6.99. The summed E-state index contributed by atoms with van der Waals surface area (Å²) in [5, 5.41) is 0.754. The second kappa shape index (κ2) is 4.04. The molecule has 0 aromatic carbocycles. The van der Waals surface area contributed by atoms with Gasteiger partial charge in [0, 0.05) is 19.0 Å². The number of hydrogen-bond donors (Lipinski definition) is 0. The molecule has 3 heterocycles. The molecule has 4 heteroatoms. The number of imidazole rings is 1. The van der Waals surface area contributed by atoms with Crippen LogP contribution in [0.4, 0.5) is 0 Å². The van der Waals surface area contributed by atoms with Crippen molar-refractivity contribution >= 4 is 11.6 Å². The lowest BCUT2D eigenvalue weighted by Gasteiger charge is -2.19. The monoisotopic (exact) mass is 239 g/mol. The van der Waals surface area contributed by atoms with E-state index in [1.807, 2.05) is 0 Å². The maximum Gasteiger partial charge on any atom is 0.150 e. The van der Waals surface area contributed by atoms with Crippen LogP contribution in [0.2, 0.25) is 5.15 Å². The highest BCUT2D eigenvalue weighted by Gasteiger charge is 2.28. The number of likely N-dealkylation sites (tertiary alicyclic amines) is 1. The summed E-state index contributed by atoms with van der Waals surface area (Å²) in [6.45, 7) is 3.43. The molecule has 2 aliphatic heterocycles. The molecule has 1 atom stereocenters. The quantitative estimate of drug-likeness (QED) is 0.750. The average molecular weight is 240 g/mol.